The highest BCUT2D eigenvalue weighted by Crippen LogP contribution is 2.11. The van der Waals surface area contributed by atoms with Gasteiger partial charge in [0, 0.05) is 5.56 Å². The minimum atomic E-state index is -0.229. The molecule has 0 atom stereocenters. The van der Waals surface area contributed by atoms with E-state index in [1.807, 2.05) is 50.2 Å². The lowest BCUT2D eigenvalue weighted by molar-refractivity contribution is 0.0955. The van der Waals surface area contributed by atoms with Crippen LogP contribution < -0.4 is 10.2 Å². The van der Waals surface area contributed by atoms with Gasteiger partial charge in [-0.2, -0.15) is 5.10 Å². The number of aryl methyl sites for hydroxylation is 1. The molecule has 2 aromatic carbocycles. The summed E-state index contributed by atoms with van der Waals surface area (Å²) in [5, 5.41) is 3.96. The molecule has 0 unspecified atom stereocenters. The quantitative estimate of drug-likeness (QED) is 0.676. The highest BCUT2D eigenvalue weighted by molar-refractivity contribution is 5.94. The molecule has 0 saturated carbocycles. The molecule has 2 aromatic rings. The molecule has 0 aliphatic carbocycles. The van der Waals surface area contributed by atoms with Gasteiger partial charge in [0.2, 0.25) is 0 Å². The van der Waals surface area contributed by atoms with Crippen LogP contribution in [-0.2, 0) is 0 Å². The maximum Gasteiger partial charge on any atom is 0.271 e. The predicted molar refractivity (Wildman–Crippen MR) is 83.9 cm³/mol. The summed E-state index contributed by atoms with van der Waals surface area (Å²) in [6.45, 7) is 4.53. The minimum Gasteiger partial charge on any atom is -0.494 e. The van der Waals surface area contributed by atoms with Gasteiger partial charge >= 0.3 is 0 Å². The van der Waals surface area contributed by atoms with Crippen LogP contribution in [0, 0.1) is 6.92 Å². The zero-order chi connectivity index (χ0) is 15.1. The van der Waals surface area contributed by atoms with Crippen LogP contribution >= 0.6 is 0 Å². The highest BCUT2D eigenvalue weighted by atomic mass is 16.5. The van der Waals surface area contributed by atoms with Gasteiger partial charge in [0.15, 0.2) is 0 Å². The second kappa shape index (κ2) is 7.24. The summed E-state index contributed by atoms with van der Waals surface area (Å²) in [5.74, 6) is 0.554. The lowest BCUT2D eigenvalue weighted by Crippen LogP contribution is -2.17. The van der Waals surface area contributed by atoms with Crippen LogP contribution in [0.1, 0.15) is 28.4 Å². The Labute approximate surface area is 124 Å². The van der Waals surface area contributed by atoms with Crippen LogP contribution in [0.3, 0.4) is 0 Å². The van der Waals surface area contributed by atoms with Crippen molar-refractivity contribution in [2.45, 2.75) is 13.8 Å². The van der Waals surface area contributed by atoms with E-state index in [2.05, 4.69) is 10.5 Å². The summed E-state index contributed by atoms with van der Waals surface area (Å²) >= 11 is 0. The van der Waals surface area contributed by atoms with Crippen molar-refractivity contribution < 1.29 is 9.53 Å². The zero-order valence-electron chi connectivity index (χ0n) is 12.2. The first-order valence-electron chi connectivity index (χ1n) is 6.82. The first-order valence-corrected chi connectivity index (χ1v) is 6.82. The van der Waals surface area contributed by atoms with Gasteiger partial charge in [-0.25, -0.2) is 5.43 Å². The first-order chi connectivity index (χ1) is 10.2. The van der Waals surface area contributed by atoms with E-state index >= 15 is 0 Å². The van der Waals surface area contributed by atoms with Crippen molar-refractivity contribution in [3.63, 3.8) is 0 Å². The van der Waals surface area contributed by atoms with E-state index in [1.165, 1.54) is 0 Å². The Balaban J connectivity index is 1.97. The van der Waals surface area contributed by atoms with Gasteiger partial charge in [-0.1, -0.05) is 29.8 Å². The molecule has 1 N–H and O–H groups in total. The Morgan fingerprint density at radius 1 is 1.24 bits per heavy atom. The smallest absolute Gasteiger partial charge is 0.271 e. The number of hydrogen-bond donors (Lipinski definition) is 1. The van der Waals surface area contributed by atoms with Crippen molar-refractivity contribution >= 4 is 12.1 Å². The molecule has 21 heavy (non-hydrogen) atoms. The number of nitrogens with one attached hydrogen (secondary N) is 1. The molecule has 4 nitrogen and oxygen atoms in total. The fourth-order valence-corrected chi connectivity index (χ4v) is 1.79. The van der Waals surface area contributed by atoms with Crippen molar-refractivity contribution in [1.29, 1.82) is 0 Å². The largest absolute Gasteiger partial charge is 0.494 e. The van der Waals surface area contributed by atoms with E-state index in [9.17, 15) is 4.79 Å². The molecule has 108 valence electrons. The Bertz CT molecular complexity index is 633. The van der Waals surface area contributed by atoms with Crippen LogP contribution in [-0.4, -0.2) is 18.7 Å². The third kappa shape index (κ3) is 4.45. The van der Waals surface area contributed by atoms with Crippen molar-refractivity contribution in [2.75, 3.05) is 6.61 Å². The van der Waals surface area contributed by atoms with Crippen LogP contribution in [0.15, 0.2) is 53.6 Å². The fourth-order valence-electron chi connectivity index (χ4n) is 1.79. The molecular weight excluding hydrogens is 264 g/mol. The molecule has 1 amide bonds. The number of nitrogens with zero attached hydrogens (tertiary/aromatic N) is 1. The van der Waals surface area contributed by atoms with Gasteiger partial charge in [-0.05, 0) is 43.7 Å². The first kappa shape index (κ1) is 14.8. The van der Waals surface area contributed by atoms with Gasteiger partial charge in [0.25, 0.3) is 5.91 Å². The third-order valence-electron chi connectivity index (χ3n) is 2.86. The van der Waals surface area contributed by atoms with Crippen molar-refractivity contribution in [1.82, 2.24) is 5.43 Å². The molecule has 4 heteroatoms. The van der Waals surface area contributed by atoms with Crippen LogP contribution in [0.4, 0.5) is 0 Å². The number of benzene rings is 2. The van der Waals surface area contributed by atoms with E-state index in [0.29, 0.717) is 12.2 Å². The molecule has 0 aliphatic rings. The minimum absolute atomic E-state index is 0.229. The number of carbonyl (C=O) groups is 1. The molecule has 0 fully saturated rings. The lowest BCUT2D eigenvalue weighted by atomic mass is 10.1. The molecule has 0 saturated heterocycles. The van der Waals surface area contributed by atoms with Crippen LogP contribution in [0.5, 0.6) is 5.75 Å². The summed E-state index contributed by atoms with van der Waals surface area (Å²) in [4.78, 5) is 11.9. The maximum atomic E-state index is 11.9. The second-order valence-corrected chi connectivity index (χ2v) is 4.57. The summed E-state index contributed by atoms with van der Waals surface area (Å²) < 4.78 is 5.41. The van der Waals surface area contributed by atoms with Crippen LogP contribution in [0.25, 0.3) is 0 Å². The van der Waals surface area contributed by atoms with Crippen molar-refractivity contribution in [2.24, 2.45) is 5.10 Å². The molecule has 0 radical (unpaired) electrons. The van der Waals surface area contributed by atoms with Gasteiger partial charge in [-0.15, -0.1) is 0 Å². The summed E-state index contributed by atoms with van der Waals surface area (Å²) in [5.41, 5.74) is 5.07. The highest BCUT2D eigenvalue weighted by Gasteiger charge is 2.02. The number of hydrazone groups is 1. The van der Waals surface area contributed by atoms with Crippen molar-refractivity contribution in [3.8, 4) is 5.75 Å². The Kier molecular flexibility index (Phi) is 5.10. The predicted octanol–water partition coefficient (Wildman–Crippen LogP) is 3.16. The fraction of sp³-hybridized carbons (Fsp3) is 0.176. The number of rotatable bonds is 5. The zero-order valence-corrected chi connectivity index (χ0v) is 12.2. The van der Waals surface area contributed by atoms with E-state index < -0.39 is 0 Å². The summed E-state index contributed by atoms with van der Waals surface area (Å²) in [6, 6.07) is 14.9. The lowest BCUT2D eigenvalue weighted by Gasteiger charge is -2.03. The van der Waals surface area contributed by atoms with Crippen LogP contribution in [0.2, 0.25) is 0 Å². The standard InChI is InChI=1S/C17H18N2O2/c1-3-21-16-6-4-5-14(11-16)12-18-19-17(20)15-9-7-13(2)8-10-15/h4-12H,3H2,1-2H3,(H,19,20)/b18-12-. The number of hydrogen-bond acceptors (Lipinski definition) is 3. The third-order valence-corrected chi connectivity index (χ3v) is 2.86. The molecular formula is C17H18N2O2. The monoisotopic (exact) mass is 282 g/mol. The second-order valence-electron chi connectivity index (χ2n) is 4.57. The average molecular weight is 282 g/mol. The summed E-state index contributed by atoms with van der Waals surface area (Å²) in [6.07, 6.45) is 1.59. The maximum absolute atomic E-state index is 11.9. The average Bonchev–Trinajstić information content (AvgIpc) is 2.48. The molecule has 2 rings (SSSR count). The normalized spacial score (nSPS) is 10.6. The van der Waals surface area contributed by atoms with Gasteiger partial charge in [-0.3, -0.25) is 4.79 Å². The topological polar surface area (TPSA) is 50.7 Å². The molecule has 0 bridgehead atoms. The Hall–Kier alpha value is -2.62. The number of carbonyl (C=O) groups excluding carboxylic acids is 1. The number of amides is 1. The van der Waals surface area contributed by atoms with Crippen molar-refractivity contribution in [3.05, 3.63) is 65.2 Å². The molecule has 0 spiro atoms. The van der Waals surface area contributed by atoms with E-state index in [-0.39, 0.29) is 5.91 Å². The van der Waals surface area contributed by atoms with Gasteiger partial charge < -0.3 is 4.74 Å². The van der Waals surface area contributed by atoms with Gasteiger partial charge in [0.1, 0.15) is 5.75 Å². The Morgan fingerprint density at radius 3 is 2.71 bits per heavy atom. The number of ether oxygens (including phenoxy) is 1. The van der Waals surface area contributed by atoms with Gasteiger partial charge in [0.05, 0.1) is 12.8 Å². The summed E-state index contributed by atoms with van der Waals surface area (Å²) in [7, 11) is 0. The molecule has 0 aliphatic heterocycles. The molecule has 0 heterocycles. The molecule has 0 aromatic heterocycles. The van der Waals surface area contributed by atoms with E-state index in [1.54, 1.807) is 18.3 Å². The SMILES string of the molecule is CCOc1cccc(/C=N\NC(=O)c2ccc(C)cc2)c1. The van der Waals surface area contributed by atoms with E-state index in [0.717, 1.165) is 16.9 Å². The van der Waals surface area contributed by atoms with E-state index in [4.69, 9.17) is 4.74 Å². The Morgan fingerprint density at radius 2 is 2.00 bits per heavy atom.